The van der Waals surface area contributed by atoms with E-state index in [1.807, 2.05) is 18.2 Å². The summed E-state index contributed by atoms with van der Waals surface area (Å²) in [5, 5.41) is 19.8. The molecule has 1 amide bonds. The normalized spacial score (nSPS) is 16.8. The molecule has 0 saturated heterocycles. The zero-order chi connectivity index (χ0) is 22.9. The van der Waals surface area contributed by atoms with E-state index < -0.39 is 12.1 Å². The number of carbonyl (C=O) groups is 2. The van der Waals surface area contributed by atoms with Crippen LogP contribution < -0.4 is 15.9 Å². The number of carboxylic acids is 1. The van der Waals surface area contributed by atoms with Crippen LogP contribution in [0.25, 0.3) is 5.70 Å². The average Bonchev–Trinajstić information content (AvgIpc) is 2.83. The summed E-state index contributed by atoms with van der Waals surface area (Å²) < 4.78 is 14.0. The molecule has 1 atom stereocenters. The third-order valence-corrected chi connectivity index (χ3v) is 6.21. The van der Waals surface area contributed by atoms with Crippen molar-refractivity contribution >= 4 is 34.5 Å². The largest absolute Gasteiger partial charge is 0.478 e. The van der Waals surface area contributed by atoms with Gasteiger partial charge < -0.3 is 5.11 Å². The molecule has 0 spiro atoms. The molecule has 3 aromatic carbocycles. The molecular weight excluding hydrogens is 443 g/mol. The maximum absolute atomic E-state index is 14.0. The van der Waals surface area contributed by atoms with Gasteiger partial charge >= 0.3 is 5.97 Å². The Morgan fingerprint density at radius 3 is 2.55 bits per heavy atom. The van der Waals surface area contributed by atoms with Gasteiger partial charge in [0.2, 0.25) is 0 Å². The predicted octanol–water partition coefficient (Wildman–Crippen LogP) is 2.60. The molecule has 5 rings (SSSR count). The van der Waals surface area contributed by atoms with Crippen LogP contribution in [0.2, 0.25) is 0 Å². The summed E-state index contributed by atoms with van der Waals surface area (Å²) in [5.74, 6) is -1.39. The SMILES string of the molecule is O=C1NC(SCc2ccccc2F)=NN2C1=c1ccccc1=NC2c1ccc(C(=O)O)cc1. The van der Waals surface area contributed by atoms with Crippen LogP contribution in [-0.2, 0) is 10.5 Å². The first kappa shape index (κ1) is 20.9. The predicted molar refractivity (Wildman–Crippen MR) is 122 cm³/mol. The van der Waals surface area contributed by atoms with Gasteiger partial charge in [-0.3, -0.25) is 15.1 Å². The molecule has 7 nitrogen and oxygen atoms in total. The van der Waals surface area contributed by atoms with Gasteiger partial charge in [-0.2, -0.15) is 0 Å². The van der Waals surface area contributed by atoms with Crippen molar-refractivity contribution in [2.24, 2.45) is 10.1 Å². The number of carbonyl (C=O) groups excluding carboxylic acids is 1. The molecule has 9 heteroatoms. The van der Waals surface area contributed by atoms with Gasteiger partial charge in [-0.15, -0.1) is 5.10 Å². The third-order valence-electron chi connectivity index (χ3n) is 5.29. The van der Waals surface area contributed by atoms with Crippen LogP contribution in [0.5, 0.6) is 0 Å². The number of nitrogens with one attached hydrogen (secondary N) is 1. The molecule has 164 valence electrons. The Kier molecular flexibility index (Phi) is 5.39. The van der Waals surface area contributed by atoms with Crippen molar-refractivity contribution in [3.8, 4) is 0 Å². The standard InChI is InChI=1S/C24H17FN4O3S/c25-18-7-3-1-5-16(18)13-33-24-27-22(30)20-17-6-2-4-8-19(17)26-21(29(20)28-24)14-9-11-15(12-10-14)23(31)32/h1-12,21H,13H2,(H,31,32)(H,27,28,30). The first-order valence-corrected chi connectivity index (χ1v) is 11.1. The van der Waals surface area contributed by atoms with Crippen molar-refractivity contribution in [3.63, 3.8) is 0 Å². The van der Waals surface area contributed by atoms with E-state index in [0.717, 1.165) is 0 Å². The topological polar surface area (TPSA) is 94.4 Å². The van der Waals surface area contributed by atoms with Crippen molar-refractivity contribution in [2.75, 3.05) is 0 Å². The number of hydrazone groups is 1. The lowest BCUT2D eigenvalue weighted by atomic mass is 10.1. The molecule has 2 aliphatic rings. The molecule has 0 radical (unpaired) electrons. The number of nitrogens with zero attached hydrogens (tertiary/aromatic N) is 3. The van der Waals surface area contributed by atoms with E-state index in [-0.39, 0.29) is 17.3 Å². The van der Waals surface area contributed by atoms with Crippen LogP contribution in [0.15, 0.2) is 82.9 Å². The summed E-state index contributed by atoms with van der Waals surface area (Å²) in [4.78, 5) is 29.1. The Hall–Kier alpha value is -3.98. The van der Waals surface area contributed by atoms with Crippen LogP contribution in [-0.4, -0.2) is 27.2 Å². The molecule has 33 heavy (non-hydrogen) atoms. The minimum atomic E-state index is -1.03. The van der Waals surface area contributed by atoms with E-state index in [0.29, 0.717) is 38.3 Å². The highest BCUT2D eigenvalue weighted by Crippen LogP contribution is 2.31. The highest BCUT2D eigenvalue weighted by molar-refractivity contribution is 8.13. The zero-order valence-corrected chi connectivity index (χ0v) is 17.9. The van der Waals surface area contributed by atoms with Crippen molar-refractivity contribution in [1.29, 1.82) is 0 Å². The molecule has 1 unspecified atom stereocenters. The van der Waals surface area contributed by atoms with Gasteiger partial charge in [0.25, 0.3) is 5.91 Å². The van der Waals surface area contributed by atoms with E-state index >= 15 is 0 Å². The lowest BCUT2D eigenvalue weighted by Crippen LogP contribution is -2.50. The highest BCUT2D eigenvalue weighted by Gasteiger charge is 2.34. The Morgan fingerprint density at radius 1 is 1.06 bits per heavy atom. The fourth-order valence-electron chi connectivity index (χ4n) is 3.67. The minimum absolute atomic E-state index is 0.153. The maximum atomic E-state index is 14.0. The molecule has 0 aliphatic carbocycles. The number of fused-ring (bicyclic) bond motifs is 2. The quantitative estimate of drug-likeness (QED) is 0.624. The second-order valence-electron chi connectivity index (χ2n) is 7.38. The van der Waals surface area contributed by atoms with Crippen molar-refractivity contribution < 1.29 is 19.1 Å². The molecular formula is C24H17FN4O3S. The highest BCUT2D eigenvalue weighted by atomic mass is 32.2. The van der Waals surface area contributed by atoms with E-state index in [1.54, 1.807) is 41.4 Å². The summed E-state index contributed by atoms with van der Waals surface area (Å²) in [6.07, 6.45) is -0.659. The summed E-state index contributed by atoms with van der Waals surface area (Å²) in [5.41, 5.74) is 1.69. The maximum Gasteiger partial charge on any atom is 0.335 e. The molecule has 0 fully saturated rings. The van der Waals surface area contributed by atoms with E-state index in [2.05, 4.69) is 10.4 Å². The minimum Gasteiger partial charge on any atom is -0.478 e. The Morgan fingerprint density at radius 2 is 1.79 bits per heavy atom. The van der Waals surface area contributed by atoms with Crippen molar-refractivity contribution in [3.05, 3.63) is 106 Å². The first-order valence-electron chi connectivity index (χ1n) is 10.1. The van der Waals surface area contributed by atoms with Gasteiger partial charge in [0, 0.05) is 11.0 Å². The van der Waals surface area contributed by atoms with Crippen LogP contribution >= 0.6 is 11.8 Å². The lowest BCUT2D eigenvalue weighted by Gasteiger charge is -2.34. The number of rotatable bonds is 4. The molecule has 2 N–H and O–H groups in total. The average molecular weight is 460 g/mol. The summed E-state index contributed by atoms with van der Waals surface area (Å²) in [6, 6.07) is 20.0. The summed E-state index contributed by atoms with van der Waals surface area (Å²) >= 11 is 1.21. The number of hydrogen-bond acceptors (Lipinski definition) is 6. The smallest absolute Gasteiger partial charge is 0.335 e. The van der Waals surface area contributed by atoms with Gasteiger partial charge in [0.1, 0.15) is 11.5 Å². The van der Waals surface area contributed by atoms with E-state index in [9.17, 15) is 19.1 Å². The molecule has 0 saturated carbocycles. The van der Waals surface area contributed by atoms with Crippen LogP contribution in [0.4, 0.5) is 4.39 Å². The first-order chi connectivity index (χ1) is 16.0. The Balaban J connectivity index is 1.55. The molecule has 0 aromatic heterocycles. The number of thioether (sulfide) groups is 1. The molecule has 0 bridgehead atoms. The lowest BCUT2D eigenvalue weighted by molar-refractivity contribution is -0.116. The molecule has 2 heterocycles. The molecule has 2 aliphatic heterocycles. The van der Waals surface area contributed by atoms with E-state index in [4.69, 9.17) is 4.99 Å². The van der Waals surface area contributed by atoms with Crippen molar-refractivity contribution in [2.45, 2.75) is 11.9 Å². The number of aromatic carboxylic acids is 1. The van der Waals surface area contributed by atoms with Crippen LogP contribution in [0.1, 0.15) is 27.7 Å². The second-order valence-corrected chi connectivity index (χ2v) is 8.34. The number of amides is 1. The fraction of sp³-hybridized carbons (Fsp3) is 0.0833. The van der Waals surface area contributed by atoms with Crippen molar-refractivity contribution in [1.82, 2.24) is 10.3 Å². The second kappa shape index (κ2) is 8.51. The van der Waals surface area contributed by atoms with Crippen LogP contribution in [0.3, 0.4) is 0 Å². The molecule has 3 aromatic rings. The number of para-hydroxylation sites is 1. The number of benzene rings is 3. The number of amidine groups is 1. The van der Waals surface area contributed by atoms with Gasteiger partial charge in [-0.25, -0.2) is 14.2 Å². The van der Waals surface area contributed by atoms with Gasteiger partial charge in [-0.05, 0) is 35.4 Å². The Bertz CT molecular complexity index is 1420. The summed E-state index contributed by atoms with van der Waals surface area (Å²) in [6.45, 7) is 0. The summed E-state index contributed by atoms with van der Waals surface area (Å²) in [7, 11) is 0. The number of halogens is 1. The number of hydrogen-bond donors (Lipinski definition) is 2. The van der Waals surface area contributed by atoms with Gasteiger partial charge in [0.15, 0.2) is 11.3 Å². The van der Waals surface area contributed by atoms with E-state index in [1.165, 1.54) is 30.0 Å². The Labute approximate surface area is 192 Å². The van der Waals surface area contributed by atoms with Crippen LogP contribution in [0, 0.1) is 5.82 Å². The van der Waals surface area contributed by atoms with Gasteiger partial charge in [0.05, 0.1) is 10.9 Å². The zero-order valence-electron chi connectivity index (χ0n) is 17.1. The van der Waals surface area contributed by atoms with Gasteiger partial charge in [-0.1, -0.05) is 60.3 Å². The third kappa shape index (κ3) is 3.98. The number of carboxylic acid groups (broad SMARTS) is 1. The fourth-order valence-corrected chi connectivity index (χ4v) is 4.51. The monoisotopic (exact) mass is 460 g/mol.